The van der Waals surface area contributed by atoms with Crippen molar-refractivity contribution in [2.75, 3.05) is 26.7 Å². The van der Waals surface area contributed by atoms with Crippen molar-refractivity contribution < 1.29 is 4.79 Å². The minimum absolute atomic E-state index is 0.0992. The fraction of sp³-hybridized carbons (Fsp3) is 0.882. The maximum atomic E-state index is 11.5. The zero-order chi connectivity index (χ0) is 16.0. The van der Waals surface area contributed by atoms with Gasteiger partial charge >= 0.3 is 0 Å². The maximum Gasteiger partial charge on any atom is 0.221 e. The summed E-state index contributed by atoms with van der Waals surface area (Å²) >= 11 is 0. The van der Waals surface area contributed by atoms with E-state index in [2.05, 4.69) is 27.9 Å². The highest BCUT2D eigenvalue weighted by atomic mass is 16.1. The summed E-state index contributed by atoms with van der Waals surface area (Å²) in [5.74, 6) is 1.84. The van der Waals surface area contributed by atoms with Gasteiger partial charge in [-0.25, -0.2) is 0 Å². The quantitative estimate of drug-likeness (QED) is 0.348. The van der Waals surface area contributed by atoms with Crippen LogP contribution in [0.3, 0.4) is 0 Å². The van der Waals surface area contributed by atoms with E-state index < -0.39 is 0 Å². The molecule has 0 saturated heterocycles. The maximum absolute atomic E-state index is 11.5. The van der Waals surface area contributed by atoms with E-state index in [1.54, 1.807) is 7.05 Å². The standard InChI is InChI=1S/C17H34N4O/c1-3-12-19-16(22)11-14-21-17(18-2)20-13-7-10-15-8-5-4-6-9-15/h15H,3-14H2,1-2H3,(H,19,22)(H2,18,20,21). The van der Waals surface area contributed by atoms with Gasteiger partial charge in [0.25, 0.3) is 0 Å². The van der Waals surface area contributed by atoms with E-state index in [1.807, 2.05) is 0 Å². The molecule has 0 aromatic carbocycles. The largest absolute Gasteiger partial charge is 0.356 e. The summed E-state index contributed by atoms with van der Waals surface area (Å²) in [7, 11) is 1.77. The Morgan fingerprint density at radius 2 is 1.77 bits per heavy atom. The second kappa shape index (κ2) is 12.3. The second-order valence-corrected chi connectivity index (χ2v) is 6.17. The van der Waals surface area contributed by atoms with E-state index in [1.165, 1.54) is 44.9 Å². The van der Waals surface area contributed by atoms with Gasteiger partial charge in [0.2, 0.25) is 5.91 Å². The number of carbonyl (C=O) groups excluding carboxylic acids is 1. The first-order chi connectivity index (χ1) is 10.8. The molecule has 1 amide bonds. The summed E-state index contributed by atoms with van der Waals surface area (Å²) in [5, 5.41) is 9.40. The molecular weight excluding hydrogens is 276 g/mol. The van der Waals surface area contributed by atoms with Crippen molar-refractivity contribution in [1.82, 2.24) is 16.0 Å². The van der Waals surface area contributed by atoms with Crippen molar-refractivity contribution in [1.29, 1.82) is 0 Å². The van der Waals surface area contributed by atoms with E-state index in [4.69, 9.17) is 0 Å². The zero-order valence-corrected chi connectivity index (χ0v) is 14.4. The topological polar surface area (TPSA) is 65.5 Å². The molecule has 1 aliphatic rings. The average Bonchev–Trinajstić information content (AvgIpc) is 2.56. The molecule has 5 heteroatoms. The molecule has 0 atom stereocenters. The van der Waals surface area contributed by atoms with Crippen LogP contribution in [0.2, 0.25) is 0 Å². The average molecular weight is 310 g/mol. The summed E-state index contributed by atoms with van der Waals surface area (Å²) in [6.07, 6.45) is 11.1. The third-order valence-electron chi connectivity index (χ3n) is 4.25. The summed E-state index contributed by atoms with van der Waals surface area (Å²) in [6.45, 7) is 4.39. The summed E-state index contributed by atoms with van der Waals surface area (Å²) in [6, 6.07) is 0. The van der Waals surface area contributed by atoms with Crippen LogP contribution < -0.4 is 16.0 Å². The van der Waals surface area contributed by atoms with Crippen LogP contribution in [0.25, 0.3) is 0 Å². The lowest BCUT2D eigenvalue weighted by atomic mass is 9.86. The smallest absolute Gasteiger partial charge is 0.221 e. The van der Waals surface area contributed by atoms with E-state index in [-0.39, 0.29) is 5.91 Å². The first-order valence-electron chi connectivity index (χ1n) is 8.97. The molecule has 1 fully saturated rings. The van der Waals surface area contributed by atoms with Gasteiger partial charge in [-0.15, -0.1) is 0 Å². The summed E-state index contributed by atoms with van der Waals surface area (Å²) in [5.41, 5.74) is 0. The SMILES string of the molecule is CCCNC(=O)CCNC(=NC)NCCCC1CCCCC1. The number of aliphatic imine (C=N–C) groups is 1. The lowest BCUT2D eigenvalue weighted by Gasteiger charge is -2.21. The Balaban J connectivity index is 2.03. The number of guanidine groups is 1. The second-order valence-electron chi connectivity index (χ2n) is 6.17. The first-order valence-corrected chi connectivity index (χ1v) is 8.97. The molecule has 0 aromatic heterocycles. The van der Waals surface area contributed by atoms with Crippen molar-refractivity contribution >= 4 is 11.9 Å². The van der Waals surface area contributed by atoms with E-state index in [0.717, 1.165) is 31.4 Å². The Hall–Kier alpha value is -1.26. The highest BCUT2D eigenvalue weighted by molar-refractivity contribution is 5.81. The minimum Gasteiger partial charge on any atom is -0.356 e. The molecule has 0 aliphatic heterocycles. The van der Waals surface area contributed by atoms with Crippen LogP contribution in [0, 0.1) is 5.92 Å². The molecule has 0 radical (unpaired) electrons. The number of hydrogen-bond donors (Lipinski definition) is 3. The van der Waals surface area contributed by atoms with E-state index >= 15 is 0 Å². The monoisotopic (exact) mass is 310 g/mol. The predicted molar refractivity (Wildman–Crippen MR) is 93.1 cm³/mol. The molecule has 0 bridgehead atoms. The van der Waals surface area contributed by atoms with Crippen molar-refractivity contribution in [3.8, 4) is 0 Å². The summed E-state index contributed by atoms with van der Waals surface area (Å²) < 4.78 is 0. The molecule has 1 rings (SSSR count). The van der Waals surface area contributed by atoms with Gasteiger partial charge in [-0.1, -0.05) is 39.0 Å². The number of carbonyl (C=O) groups is 1. The van der Waals surface area contributed by atoms with E-state index in [9.17, 15) is 4.79 Å². The third-order valence-corrected chi connectivity index (χ3v) is 4.25. The molecule has 1 saturated carbocycles. The number of nitrogens with zero attached hydrogens (tertiary/aromatic N) is 1. The molecule has 128 valence electrons. The molecule has 22 heavy (non-hydrogen) atoms. The van der Waals surface area contributed by atoms with Crippen molar-refractivity contribution in [2.45, 2.75) is 64.7 Å². The fourth-order valence-electron chi connectivity index (χ4n) is 2.94. The van der Waals surface area contributed by atoms with Crippen LogP contribution >= 0.6 is 0 Å². The van der Waals surface area contributed by atoms with Gasteiger partial charge in [-0.2, -0.15) is 0 Å². The highest BCUT2D eigenvalue weighted by Crippen LogP contribution is 2.26. The number of rotatable bonds is 9. The lowest BCUT2D eigenvalue weighted by molar-refractivity contribution is -0.120. The molecule has 0 spiro atoms. The minimum atomic E-state index is 0.0992. The molecule has 0 heterocycles. The van der Waals surface area contributed by atoms with Gasteiger partial charge in [-0.05, 0) is 25.2 Å². The van der Waals surface area contributed by atoms with Crippen LogP contribution in [-0.2, 0) is 4.79 Å². The van der Waals surface area contributed by atoms with Crippen LogP contribution in [0.4, 0.5) is 0 Å². The molecule has 0 aromatic rings. The molecule has 0 unspecified atom stereocenters. The summed E-state index contributed by atoms with van der Waals surface area (Å²) in [4.78, 5) is 15.7. The zero-order valence-electron chi connectivity index (χ0n) is 14.4. The third kappa shape index (κ3) is 8.90. The Kier molecular flexibility index (Phi) is 10.5. The normalized spacial score (nSPS) is 16.4. The highest BCUT2D eigenvalue weighted by Gasteiger charge is 2.12. The molecule has 3 N–H and O–H groups in total. The molecule has 5 nitrogen and oxygen atoms in total. The molecular formula is C17H34N4O. The Bertz CT molecular complexity index is 325. The van der Waals surface area contributed by atoms with Crippen molar-refractivity contribution in [3.05, 3.63) is 0 Å². The van der Waals surface area contributed by atoms with E-state index in [0.29, 0.717) is 13.0 Å². The van der Waals surface area contributed by atoms with Gasteiger partial charge in [0.1, 0.15) is 0 Å². The molecule has 1 aliphatic carbocycles. The van der Waals surface area contributed by atoms with Gasteiger partial charge in [-0.3, -0.25) is 9.79 Å². The number of amides is 1. The predicted octanol–water partition coefficient (Wildman–Crippen LogP) is 2.43. The number of hydrogen-bond acceptors (Lipinski definition) is 2. The fourth-order valence-corrected chi connectivity index (χ4v) is 2.94. The van der Waals surface area contributed by atoms with Gasteiger partial charge in [0, 0.05) is 33.1 Å². The van der Waals surface area contributed by atoms with Crippen LogP contribution in [0.1, 0.15) is 64.7 Å². The van der Waals surface area contributed by atoms with Gasteiger partial charge in [0.15, 0.2) is 5.96 Å². The van der Waals surface area contributed by atoms with Crippen molar-refractivity contribution in [2.24, 2.45) is 10.9 Å². The number of nitrogens with one attached hydrogen (secondary N) is 3. The Labute approximate surface area is 135 Å². The van der Waals surface area contributed by atoms with Gasteiger partial charge < -0.3 is 16.0 Å². The van der Waals surface area contributed by atoms with Crippen LogP contribution in [-0.4, -0.2) is 38.5 Å². The Morgan fingerprint density at radius 3 is 2.45 bits per heavy atom. The van der Waals surface area contributed by atoms with Crippen molar-refractivity contribution in [3.63, 3.8) is 0 Å². The van der Waals surface area contributed by atoms with Gasteiger partial charge in [0.05, 0.1) is 0 Å². The first kappa shape index (κ1) is 18.8. The lowest BCUT2D eigenvalue weighted by Crippen LogP contribution is -2.39. The Morgan fingerprint density at radius 1 is 1.05 bits per heavy atom. The van der Waals surface area contributed by atoms with Crippen LogP contribution in [0.5, 0.6) is 0 Å². The van der Waals surface area contributed by atoms with Crippen LogP contribution in [0.15, 0.2) is 4.99 Å².